The van der Waals surface area contributed by atoms with Crippen molar-refractivity contribution in [2.75, 3.05) is 0 Å². The van der Waals surface area contributed by atoms with Crippen molar-refractivity contribution < 1.29 is 23.5 Å². The molecule has 0 fully saturated rings. The molecule has 1 amide bonds. The monoisotopic (exact) mass is 317 g/mol. The zero-order valence-corrected chi connectivity index (χ0v) is 12.8. The van der Waals surface area contributed by atoms with Crippen molar-refractivity contribution in [2.24, 2.45) is 5.92 Å². The van der Waals surface area contributed by atoms with Gasteiger partial charge in [0.15, 0.2) is 0 Å². The topological polar surface area (TPSA) is 84.2 Å². The number of halogens is 2. The van der Waals surface area contributed by atoms with Gasteiger partial charge in [0.1, 0.15) is 5.69 Å². The normalized spacial score (nSPS) is 12.7. The maximum Gasteiger partial charge on any atom is 0.303 e. The van der Waals surface area contributed by atoms with Crippen LogP contribution in [0.25, 0.3) is 0 Å². The molecule has 0 aliphatic carbocycles. The third-order valence-corrected chi connectivity index (χ3v) is 3.04. The van der Waals surface area contributed by atoms with Crippen LogP contribution in [0.15, 0.2) is 6.20 Å². The minimum absolute atomic E-state index is 0.101. The Kier molecular flexibility index (Phi) is 6.45. The fourth-order valence-electron chi connectivity index (χ4n) is 2.01. The largest absolute Gasteiger partial charge is 0.481 e. The Morgan fingerprint density at radius 2 is 2.00 bits per heavy atom. The maximum atomic E-state index is 13.2. The maximum absolute atomic E-state index is 13.2. The van der Waals surface area contributed by atoms with Crippen LogP contribution in [0.5, 0.6) is 0 Å². The van der Waals surface area contributed by atoms with Crippen molar-refractivity contribution in [3.05, 3.63) is 17.5 Å². The number of carboxylic acid groups (broad SMARTS) is 1. The molecule has 1 rings (SSSR count). The number of aromatic nitrogens is 2. The summed E-state index contributed by atoms with van der Waals surface area (Å²) in [5.41, 5.74) is -0.575. The highest BCUT2D eigenvalue weighted by atomic mass is 19.3. The molecule has 0 aliphatic rings. The molecule has 6 nitrogen and oxygen atoms in total. The van der Waals surface area contributed by atoms with Gasteiger partial charge in [0, 0.05) is 19.0 Å². The van der Waals surface area contributed by atoms with Crippen LogP contribution >= 0.6 is 0 Å². The van der Waals surface area contributed by atoms with Gasteiger partial charge in [-0.15, -0.1) is 0 Å². The summed E-state index contributed by atoms with van der Waals surface area (Å²) in [5, 5.41) is 15.0. The Balaban J connectivity index is 2.84. The van der Waals surface area contributed by atoms with Gasteiger partial charge in [0.2, 0.25) is 0 Å². The molecule has 1 aromatic rings. The standard InChI is InChI=1S/C14H21F2N3O3/c1-8(2)7-19-12(13(15)16)10(6-17-19)14(22)18-9(3)4-5-11(20)21/h6,8-9,13H,4-5,7H2,1-3H3,(H,18,22)(H,20,21). The van der Waals surface area contributed by atoms with Crippen molar-refractivity contribution in [2.45, 2.75) is 52.6 Å². The lowest BCUT2D eigenvalue weighted by molar-refractivity contribution is -0.137. The Hall–Kier alpha value is -1.99. The first kappa shape index (κ1) is 18.1. The average molecular weight is 317 g/mol. The van der Waals surface area contributed by atoms with E-state index in [1.165, 1.54) is 0 Å². The minimum atomic E-state index is -2.81. The molecule has 0 saturated carbocycles. The van der Waals surface area contributed by atoms with E-state index in [-0.39, 0.29) is 24.3 Å². The van der Waals surface area contributed by atoms with Gasteiger partial charge in [-0.2, -0.15) is 5.10 Å². The molecule has 0 saturated heterocycles. The van der Waals surface area contributed by atoms with E-state index in [4.69, 9.17) is 5.11 Å². The summed E-state index contributed by atoms with van der Waals surface area (Å²) in [5.74, 6) is -1.52. The SMILES string of the molecule is CC(C)Cn1ncc(C(=O)NC(C)CCC(=O)O)c1C(F)F. The van der Waals surface area contributed by atoms with Crippen LogP contribution in [-0.2, 0) is 11.3 Å². The van der Waals surface area contributed by atoms with Gasteiger partial charge in [-0.3, -0.25) is 14.3 Å². The number of carboxylic acids is 1. The first-order valence-corrected chi connectivity index (χ1v) is 7.08. The molecule has 0 aliphatic heterocycles. The molecule has 0 spiro atoms. The molecule has 1 aromatic heterocycles. The van der Waals surface area contributed by atoms with Crippen LogP contribution in [0.1, 0.15) is 56.1 Å². The van der Waals surface area contributed by atoms with E-state index in [1.54, 1.807) is 6.92 Å². The highest BCUT2D eigenvalue weighted by Crippen LogP contribution is 2.24. The van der Waals surface area contributed by atoms with E-state index in [0.717, 1.165) is 10.9 Å². The number of carbonyl (C=O) groups excluding carboxylic acids is 1. The fraction of sp³-hybridized carbons (Fsp3) is 0.643. The summed E-state index contributed by atoms with van der Waals surface area (Å²) in [4.78, 5) is 22.6. The summed E-state index contributed by atoms with van der Waals surface area (Å²) in [6, 6.07) is -0.428. The Morgan fingerprint density at radius 1 is 1.36 bits per heavy atom. The molecule has 2 N–H and O–H groups in total. The summed E-state index contributed by atoms with van der Waals surface area (Å²) >= 11 is 0. The van der Waals surface area contributed by atoms with Crippen LogP contribution in [0.4, 0.5) is 8.78 Å². The molecular formula is C14H21F2N3O3. The van der Waals surface area contributed by atoms with Crippen LogP contribution in [0, 0.1) is 5.92 Å². The number of alkyl halides is 2. The van der Waals surface area contributed by atoms with Gasteiger partial charge in [-0.1, -0.05) is 13.8 Å². The van der Waals surface area contributed by atoms with Gasteiger partial charge < -0.3 is 10.4 Å². The zero-order valence-electron chi connectivity index (χ0n) is 12.8. The van der Waals surface area contributed by atoms with E-state index < -0.39 is 30.0 Å². The molecule has 0 aromatic carbocycles. The third kappa shape index (κ3) is 5.09. The molecule has 0 bridgehead atoms. The van der Waals surface area contributed by atoms with Crippen molar-refractivity contribution in [3.63, 3.8) is 0 Å². The van der Waals surface area contributed by atoms with Gasteiger partial charge in [-0.25, -0.2) is 8.78 Å². The molecule has 1 atom stereocenters. The molecule has 124 valence electrons. The zero-order chi connectivity index (χ0) is 16.9. The van der Waals surface area contributed by atoms with E-state index in [9.17, 15) is 18.4 Å². The van der Waals surface area contributed by atoms with Crippen LogP contribution < -0.4 is 5.32 Å². The van der Waals surface area contributed by atoms with Crippen molar-refractivity contribution >= 4 is 11.9 Å². The summed E-state index contributed by atoms with van der Waals surface area (Å²) < 4.78 is 27.6. The lowest BCUT2D eigenvalue weighted by Crippen LogP contribution is -2.33. The predicted octanol–water partition coefficient (Wildman–Crippen LogP) is 2.46. The fourth-order valence-corrected chi connectivity index (χ4v) is 2.01. The second-order valence-corrected chi connectivity index (χ2v) is 5.63. The van der Waals surface area contributed by atoms with Crippen molar-refractivity contribution in [3.8, 4) is 0 Å². The number of aliphatic carboxylic acids is 1. The van der Waals surface area contributed by atoms with Crippen molar-refractivity contribution in [1.29, 1.82) is 0 Å². The molecule has 22 heavy (non-hydrogen) atoms. The molecule has 0 radical (unpaired) electrons. The van der Waals surface area contributed by atoms with E-state index in [1.807, 2.05) is 13.8 Å². The smallest absolute Gasteiger partial charge is 0.303 e. The molecule has 8 heteroatoms. The van der Waals surface area contributed by atoms with Crippen LogP contribution in [0.3, 0.4) is 0 Å². The number of amides is 1. The highest BCUT2D eigenvalue weighted by molar-refractivity contribution is 5.95. The van der Waals surface area contributed by atoms with Gasteiger partial charge in [-0.05, 0) is 19.3 Å². The quantitative estimate of drug-likeness (QED) is 0.771. The number of rotatable bonds is 8. The summed E-state index contributed by atoms with van der Waals surface area (Å²) in [6.45, 7) is 5.65. The average Bonchev–Trinajstić information content (AvgIpc) is 2.79. The van der Waals surface area contributed by atoms with E-state index in [0.29, 0.717) is 6.54 Å². The molecular weight excluding hydrogens is 296 g/mol. The second kappa shape index (κ2) is 7.86. The summed E-state index contributed by atoms with van der Waals surface area (Å²) in [7, 11) is 0. The molecule has 1 unspecified atom stereocenters. The second-order valence-electron chi connectivity index (χ2n) is 5.63. The lowest BCUT2D eigenvalue weighted by atomic mass is 10.1. The first-order valence-electron chi connectivity index (χ1n) is 7.08. The Labute approximate surface area is 127 Å². The number of hydrogen-bond acceptors (Lipinski definition) is 3. The predicted molar refractivity (Wildman–Crippen MR) is 75.8 cm³/mol. The Bertz CT molecular complexity index is 529. The lowest BCUT2D eigenvalue weighted by Gasteiger charge is -2.14. The van der Waals surface area contributed by atoms with Gasteiger partial charge in [0.05, 0.1) is 11.8 Å². The van der Waals surface area contributed by atoms with Crippen molar-refractivity contribution in [1.82, 2.24) is 15.1 Å². The number of hydrogen-bond donors (Lipinski definition) is 2. The summed E-state index contributed by atoms with van der Waals surface area (Å²) in [6.07, 6.45) is -1.55. The van der Waals surface area contributed by atoms with Gasteiger partial charge in [0.25, 0.3) is 12.3 Å². The van der Waals surface area contributed by atoms with Gasteiger partial charge >= 0.3 is 5.97 Å². The van der Waals surface area contributed by atoms with E-state index >= 15 is 0 Å². The van der Waals surface area contributed by atoms with E-state index in [2.05, 4.69) is 10.4 Å². The number of nitrogens with one attached hydrogen (secondary N) is 1. The van der Waals surface area contributed by atoms with Crippen LogP contribution in [-0.4, -0.2) is 32.8 Å². The third-order valence-electron chi connectivity index (χ3n) is 3.04. The molecule has 1 heterocycles. The minimum Gasteiger partial charge on any atom is -0.481 e. The number of nitrogens with zero attached hydrogens (tertiary/aromatic N) is 2. The van der Waals surface area contributed by atoms with Crippen LogP contribution in [0.2, 0.25) is 0 Å². The first-order chi connectivity index (χ1) is 10.2. The number of carbonyl (C=O) groups is 2. The highest BCUT2D eigenvalue weighted by Gasteiger charge is 2.25. The Morgan fingerprint density at radius 3 is 2.50 bits per heavy atom.